The van der Waals surface area contributed by atoms with Crippen LogP contribution in [0.15, 0.2) is 36.5 Å². The van der Waals surface area contributed by atoms with Crippen molar-refractivity contribution in [2.24, 2.45) is 0 Å². The van der Waals surface area contributed by atoms with Crippen LogP contribution >= 0.6 is 0 Å². The number of rotatable bonds is 5. The summed E-state index contributed by atoms with van der Waals surface area (Å²) in [6.07, 6.45) is 9.77. The van der Waals surface area contributed by atoms with Crippen molar-refractivity contribution in [2.75, 3.05) is 6.54 Å². The molecule has 0 atom stereocenters. The fourth-order valence-electron chi connectivity index (χ4n) is 4.45. The number of H-pyrrole nitrogens is 2. The van der Waals surface area contributed by atoms with E-state index in [9.17, 15) is 0 Å². The first-order chi connectivity index (χ1) is 13.8. The number of benzene rings is 1. The highest BCUT2D eigenvalue weighted by molar-refractivity contribution is 5.94. The Labute approximate surface area is 165 Å². The van der Waals surface area contributed by atoms with Gasteiger partial charge in [0.1, 0.15) is 11.3 Å². The fourth-order valence-corrected chi connectivity index (χ4v) is 4.45. The second kappa shape index (κ2) is 7.40. The highest BCUT2D eigenvalue weighted by Gasteiger charge is 2.13. The van der Waals surface area contributed by atoms with Crippen LogP contribution in [0.3, 0.4) is 0 Å². The lowest BCUT2D eigenvalue weighted by molar-refractivity contribution is 0.375. The minimum atomic E-state index is 0.725. The Bertz CT molecular complexity index is 1100. The zero-order valence-corrected chi connectivity index (χ0v) is 16.4. The maximum absolute atomic E-state index is 4.62. The molecule has 0 aliphatic heterocycles. The van der Waals surface area contributed by atoms with Crippen molar-refractivity contribution >= 4 is 22.1 Å². The zero-order valence-electron chi connectivity index (χ0n) is 16.4. The zero-order chi connectivity index (χ0) is 18.9. The number of imidazole rings is 1. The summed E-state index contributed by atoms with van der Waals surface area (Å²) >= 11 is 0. The van der Waals surface area contributed by atoms with Gasteiger partial charge in [0.15, 0.2) is 5.65 Å². The summed E-state index contributed by atoms with van der Waals surface area (Å²) in [5.41, 5.74) is 6.48. The topological polar surface area (TPSA) is 69.4 Å². The highest BCUT2D eigenvalue weighted by Crippen LogP contribution is 2.29. The van der Waals surface area contributed by atoms with Crippen LogP contribution in [0.2, 0.25) is 0 Å². The number of hydrogen-bond donors (Lipinski definition) is 3. The molecule has 144 valence electrons. The Kier molecular flexibility index (Phi) is 4.61. The average molecular weight is 374 g/mol. The number of aromatic amines is 2. The maximum atomic E-state index is 4.62. The molecule has 1 saturated carbocycles. The van der Waals surface area contributed by atoms with Crippen molar-refractivity contribution in [2.45, 2.75) is 51.5 Å². The molecule has 4 aromatic rings. The predicted octanol–water partition coefficient (Wildman–Crippen LogP) is 4.88. The molecule has 3 heterocycles. The Balaban J connectivity index is 1.36. The van der Waals surface area contributed by atoms with Crippen LogP contribution in [0.25, 0.3) is 33.3 Å². The number of aromatic nitrogens is 4. The Morgan fingerprint density at radius 2 is 1.96 bits per heavy atom. The molecule has 28 heavy (non-hydrogen) atoms. The van der Waals surface area contributed by atoms with Gasteiger partial charge in [-0.3, -0.25) is 0 Å². The summed E-state index contributed by atoms with van der Waals surface area (Å²) in [5.74, 6) is 0.888. The smallest absolute Gasteiger partial charge is 0.158 e. The van der Waals surface area contributed by atoms with Gasteiger partial charge in [0.25, 0.3) is 0 Å². The molecular weight excluding hydrogens is 346 g/mol. The van der Waals surface area contributed by atoms with Crippen molar-refractivity contribution in [3.8, 4) is 11.3 Å². The fraction of sp³-hybridized carbons (Fsp3) is 0.391. The number of nitrogens with one attached hydrogen (secondary N) is 3. The number of pyridine rings is 1. The second-order valence-electron chi connectivity index (χ2n) is 8.02. The van der Waals surface area contributed by atoms with Gasteiger partial charge >= 0.3 is 0 Å². The number of hydrogen-bond acceptors (Lipinski definition) is 3. The van der Waals surface area contributed by atoms with E-state index in [-0.39, 0.29) is 0 Å². The number of aryl methyl sites for hydroxylation is 1. The number of fused-ring (bicyclic) bond motifs is 2. The minimum absolute atomic E-state index is 0.725. The first-order valence-corrected chi connectivity index (χ1v) is 10.4. The van der Waals surface area contributed by atoms with E-state index < -0.39 is 0 Å². The van der Waals surface area contributed by atoms with Crippen LogP contribution in [0, 0.1) is 6.92 Å². The largest absolute Gasteiger partial charge is 0.354 e. The molecule has 5 heteroatoms. The van der Waals surface area contributed by atoms with Gasteiger partial charge in [0.05, 0.1) is 0 Å². The first kappa shape index (κ1) is 17.4. The van der Waals surface area contributed by atoms with Gasteiger partial charge in [0.2, 0.25) is 0 Å². The normalized spacial score (nSPS) is 15.6. The number of nitrogens with zero attached hydrogens (tertiary/aromatic N) is 2. The third kappa shape index (κ3) is 3.42. The Hall–Kier alpha value is -2.66. The van der Waals surface area contributed by atoms with E-state index in [0.29, 0.717) is 0 Å². The maximum Gasteiger partial charge on any atom is 0.158 e. The highest BCUT2D eigenvalue weighted by atomic mass is 15.0. The van der Waals surface area contributed by atoms with Crippen molar-refractivity contribution in [3.63, 3.8) is 0 Å². The molecule has 1 aliphatic carbocycles. The van der Waals surface area contributed by atoms with Crippen molar-refractivity contribution in [1.82, 2.24) is 25.3 Å². The van der Waals surface area contributed by atoms with Crippen LogP contribution in [-0.4, -0.2) is 32.5 Å². The Morgan fingerprint density at radius 3 is 2.86 bits per heavy atom. The second-order valence-corrected chi connectivity index (χ2v) is 8.02. The summed E-state index contributed by atoms with van der Waals surface area (Å²) in [6, 6.07) is 11.7. The van der Waals surface area contributed by atoms with E-state index in [2.05, 4.69) is 49.5 Å². The quantitative estimate of drug-likeness (QED) is 0.467. The van der Waals surface area contributed by atoms with Crippen molar-refractivity contribution in [1.29, 1.82) is 0 Å². The van der Waals surface area contributed by atoms with E-state index >= 15 is 0 Å². The predicted molar refractivity (Wildman–Crippen MR) is 114 cm³/mol. The molecule has 1 aromatic carbocycles. The molecule has 1 fully saturated rings. The molecule has 5 nitrogen and oxygen atoms in total. The lowest BCUT2D eigenvalue weighted by Crippen LogP contribution is -2.32. The third-order valence-electron chi connectivity index (χ3n) is 5.93. The summed E-state index contributed by atoms with van der Waals surface area (Å²) < 4.78 is 0. The molecule has 5 rings (SSSR count). The first-order valence-electron chi connectivity index (χ1n) is 10.4. The summed E-state index contributed by atoms with van der Waals surface area (Å²) in [5, 5.41) is 5.00. The van der Waals surface area contributed by atoms with Gasteiger partial charge in [-0.2, -0.15) is 0 Å². The Morgan fingerprint density at radius 1 is 1.07 bits per heavy atom. The molecule has 0 unspecified atom stereocenters. The van der Waals surface area contributed by atoms with Crippen molar-refractivity contribution < 1.29 is 0 Å². The molecule has 1 aliphatic rings. The lowest BCUT2D eigenvalue weighted by atomic mass is 9.95. The molecule has 0 amide bonds. The van der Waals surface area contributed by atoms with E-state index in [1.807, 2.05) is 19.2 Å². The van der Waals surface area contributed by atoms with Crippen LogP contribution < -0.4 is 5.32 Å². The molecule has 0 radical (unpaired) electrons. The molecule has 3 N–H and O–H groups in total. The van der Waals surface area contributed by atoms with Gasteiger partial charge in [-0.15, -0.1) is 0 Å². The van der Waals surface area contributed by atoms with Gasteiger partial charge < -0.3 is 15.3 Å². The summed E-state index contributed by atoms with van der Waals surface area (Å²) in [4.78, 5) is 15.8. The standard InChI is InChI=1S/C23H27N5/c1-15-26-22-19(10-12-25-23(22)27-15)21-14-17-13-16(7-8-20(17)28-21)9-11-24-18-5-3-2-4-6-18/h7-8,10,12-14,18,24,28H,2-6,9,11H2,1H3,(H,25,26,27). The van der Waals surface area contributed by atoms with E-state index in [1.54, 1.807) is 0 Å². The van der Waals surface area contributed by atoms with E-state index in [4.69, 9.17) is 0 Å². The average Bonchev–Trinajstić information content (AvgIpc) is 3.30. The monoisotopic (exact) mass is 373 g/mol. The summed E-state index contributed by atoms with van der Waals surface area (Å²) in [6.45, 7) is 3.02. The minimum Gasteiger partial charge on any atom is -0.354 e. The van der Waals surface area contributed by atoms with Gasteiger partial charge in [-0.1, -0.05) is 25.3 Å². The van der Waals surface area contributed by atoms with Crippen molar-refractivity contribution in [3.05, 3.63) is 47.9 Å². The van der Waals surface area contributed by atoms with Gasteiger partial charge in [-0.05, 0) is 62.6 Å². The molecule has 0 saturated heterocycles. The van der Waals surface area contributed by atoms with E-state index in [0.717, 1.165) is 52.8 Å². The molecule has 0 bridgehead atoms. The van der Waals surface area contributed by atoms with Crippen LogP contribution in [0.5, 0.6) is 0 Å². The van der Waals surface area contributed by atoms with Crippen LogP contribution in [0.1, 0.15) is 43.5 Å². The lowest BCUT2D eigenvalue weighted by Gasteiger charge is -2.22. The molecular formula is C23H27N5. The SMILES string of the molecule is Cc1nc2c(-c3cc4cc(CCNC5CCCCC5)ccc4[nH]3)ccnc2[nH]1. The third-order valence-corrected chi connectivity index (χ3v) is 5.93. The molecule has 3 aromatic heterocycles. The van der Waals surface area contributed by atoms with Gasteiger partial charge in [-0.25, -0.2) is 9.97 Å². The molecule has 0 spiro atoms. The summed E-state index contributed by atoms with van der Waals surface area (Å²) in [7, 11) is 0. The van der Waals surface area contributed by atoms with E-state index in [1.165, 1.54) is 43.1 Å². The van der Waals surface area contributed by atoms with Crippen LogP contribution in [0.4, 0.5) is 0 Å². The van der Waals surface area contributed by atoms with Crippen LogP contribution in [-0.2, 0) is 6.42 Å². The van der Waals surface area contributed by atoms with Gasteiger partial charge in [0, 0.05) is 34.4 Å².